The molecule has 6 aliphatic rings. The fourth-order valence-electron chi connectivity index (χ4n) is 11.4. The molecular formula is C46H68N8O2. The van der Waals surface area contributed by atoms with Crippen LogP contribution in [0.25, 0.3) is 0 Å². The normalized spacial score (nSPS) is 31.7. The quantitative estimate of drug-likeness (QED) is 0.212. The number of rotatable bonds is 12. The highest BCUT2D eigenvalue weighted by molar-refractivity contribution is 5.83. The number of ketones is 2. The molecule has 0 radical (unpaired) electrons. The molecule has 5 unspecified atom stereocenters. The Labute approximate surface area is 336 Å². The van der Waals surface area contributed by atoms with E-state index >= 15 is 0 Å². The van der Waals surface area contributed by atoms with E-state index in [0.29, 0.717) is 53.6 Å². The monoisotopic (exact) mass is 765 g/mol. The van der Waals surface area contributed by atoms with Gasteiger partial charge in [0.25, 0.3) is 0 Å². The first-order chi connectivity index (χ1) is 27.0. The van der Waals surface area contributed by atoms with E-state index in [2.05, 4.69) is 65.5 Å². The summed E-state index contributed by atoms with van der Waals surface area (Å²) >= 11 is 0. The van der Waals surface area contributed by atoms with Crippen LogP contribution in [0.4, 0.5) is 11.6 Å². The van der Waals surface area contributed by atoms with Crippen LogP contribution in [-0.4, -0.2) is 97.7 Å². The van der Waals surface area contributed by atoms with Gasteiger partial charge in [-0.25, -0.2) is 19.9 Å². The summed E-state index contributed by atoms with van der Waals surface area (Å²) in [6, 6.07) is 6.78. The van der Waals surface area contributed by atoms with E-state index in [0.717, 1.165) is 107 Å². The number of carbonyl (C=O) groups is 2. The minimum absolute atomic E-state index is 0.0297. The van der Waals surface area contributed by atoms with Gasteiger partial charge in [-0.15, -0.1) is 0 Å². The van der Waals surface area contributed by atoms with E-state index in [-0.39, 0.29) is 23.7 Å². The molecule has 8 rings (SSSR count). The Morgan fingerprint density at radius 3 is 1.54 bits per heavy atom. The van der Waals surface area contributed by atoms with Gasteiger partial charge in [0.05, 0.1) is 0 Å². The first-order valence-electron chi connectivity index (χ1n) is 22.5. The molecule has 0 N–H and O–H groups in total. The van der Waals surface area contributed by atoms with E-state index in [9.17, 15) is 9.59 Å². The van der Waals surface area contributed by atoms with Crippen LogP contribution in [-0.2, 0) is 9.59 Å². The predicted molar refractivity (Wildman–Crippen MR) is 223 cm³/mol. The lowest BCUT2D eigenvalue weighted by molar-refractivity contribution is -0.127. The number of hydrogen-bond acceptors (Lipinski definition) is 10. The molecule has 2 aromatic rings. The number of likely N-dealkylation sites (tertiary alicyclic amines) is 2. The van der Waals surface area contributed by atoms with E-state index in [1.54, 1.807) is 0 Å². The highest BCUT2D eigenvalue weighted by Gasteiger charge is 2.43. The van der Waals surface area contributed by atoms with Crippen molar-refractivity contribution in [1.29, 1.82) is 0 Å². The van der Waals surface area contributed by atoms with Crippen LogP contribution in [0.5, 0.6) is 0 Å². The number of nitrogens with zero attached hydrogens (tertiary/aromatic N) is 8. The van der Waals surface area contributed by atoms with Gasteiger partial charge in [0, 0.05) is 110 Å². The van der Waals surface area contributed by atoms with Gasteiger partial charge in [0.15, 0.2) is 0 Å². The lowest BCUT2D eigenvalue weighted by atomic mass is 9.76. The maximum absolute atomic E-state index is 13.8. The van der Waals surface area contributed by atoms with Gasteiger partial charge >= 0.3 is 0 Å². The number of hydrogen-bond donors (Lipinski definition) is 0. The Hall–Kier alpha value is -3.40. The van der Waals surface area contributed by atoms with Gasteiger partial charge in [-0.3, -0.25) is 14.5 Å². The highest BCUT2D eigenvalue weighted by Crippen LogP contribution is 2.41. The Bertz CT molecular complexity index is 1700. The first kappa shape index (κ1) is 39.4. The zero-order valence-corrected chi connectivity index (χ0v) is 35.2. The maximum atomic E-state index is 13.8. The Morgan fingerprint density at radius 1 is 0.643 bits per heavy atom. The molecule has 4 bridgehead atoms. The Balaban J connectivity index is 0.812. The summed E-state index contributed by atoms with van der Waals surface area (Å²) < 4.78 is 0. The van der Waals surface area contributed by atoms with Crippen molar-refractivity contribution < 1.29 is 9.59 Å². The summed E-state index contributed by atoms with van der Waals surface area (Å²) in [6.45, 7) is 17.3. The minimum Gasteiger partial charge on any atom is -0.371 e. The first-order valence-corrected chi connectivity index (χ1v) is 22.5. The molecule has 2 aromatic heterocycles. The second-order valence-corrected chi connectivity index (χ2v) is 19.1. The van der Waals surface area contributed by atoms with Crippen LogP contribution in [0.1, 0.15) is 148 Å². The molecule has 56 heavy (non-hydrogen) atoms. The van der Waals surface area contributed by atoms with Crippen LogP contribution in [0, 0.1) is 23.7 Å². The SMILES string of the molecule is C/C(=C\CC(C)C(=O)[C@H]1CC[C@@H](c2nccc(N3C4CCC3CN(C(C)C)C4)n2)CC1)N1CC2CCC(C1)N2c1ccnc([C@H]2CC[C@H](C(=O)C(C)C)CC2)n1. The third-order valence-corrected chi connectivity index (χ3v) is 14.9. The van der Waals surface area contributed by atoms with Gasteiger partial charge in [-0.2, -0.15) is 0 Å². The molecule has 10 nitrogen and oxygen atoms in total. The summed E-state index contributed by atoms with van der Waals surface area (Å²) in [5.41, 5.74) is 1.30. The molecule has 0 amide bonds. The summed E-state index contributed by atoms with van der Waals surface area (Å²) in [5, 5.41) is 0. The molecule has 6 fully saturated rings. The lowest BCUT2D eigenvalue weighted by Crippen LogP contribution is -2.55. The minimum atomic E-state index is 0.0297. The summed E-state index contributed by atoms with van der Waals surface area (Å²) in [6.07, 6.45) is 19.7. The van der Waals surface area contributed by atoms with E-state index < -0.39 is 0 Å². The van der Waals surface area contributed by atoms with Gasteiger partial charge < -0.3 is 14.7 Å². The number of aromatic nitrogens is 4. The number of piperazine rings is 2. The molecule has 304 valence electrons. The molecule has 5 atom stereocenters. The summed E-state index contributed by atoms with van der Waals surface area (Å²) in [7, 11) is 0. The molecule has 2 aliphatic carbocycles. The van der Waals surface area contributed by atoms with E-state index in [4.69, 9.17) is 19.9 Å². The van der Waals surface area contributed by atoms with Crippen molar-refractivity contribution in [2.45, 2.75) is 167 Å². The van der Waals surface area contributed by atoms with Crippen molar-refractivity contribution in [3.05, 3.63) is 47.9 Å². The van der Waals surface area contributed by atoms with Crippen molar-refractivity contribution >= 4 is 23.2 Å². The molecule has 2 saturated carbocycles. The molecule has 6 heterocycles. The van der Waals surface area contributed by atoms with Gasteiger partial charge in [-0.1, -0.05) is 26.8 Å². The van der Waals surface area contributed by atoms with E-state index in [1.807, 2.05) is 26.2 Å². The third-order valence-electron chi connectivity index (χ3n) is 14.9. The van der Waals surface area contributed by atoms with Gasteiger partial charge in [0.1, 0.15) is 34.9 Å². The average molecular weight is 765 g/mol. The molecule has 10 heteroatoms. The second-order valence-electron chi connectivity index (χ2n) is 19.1. The molecule has 0 spiro atoms. The number of anilines is 2. The second kappa shape index (κ2) is 16.8. The molecule has 0 aromatic carbocycles. The zero-order chi connectivity index (χ0) is 39.1. The van der Waals surface area contributed by atoms with Crippen LogP contribution in [0.15, 0.2) is 36.3 Å². The number of allylic oxidation sites excluding steroid dienone is 2. The summed E-state index contributed by atoms with van der Waals surface area (Å²) in [5.74, 6) is 6.17. The van der Waals surface area contributed by atoms with Crippen LogP contribution in [0.2, 0.25) is 0 Å². The van der Waals surface area contributed by atoms with Crippen molar-refractivity contribution in [2.24, 2.45) is 23.7 Å². The van der Waals surface area contributed by atoms with Crippen LogP contribution in [0.3, 0.4) is 0 Å². The topological polar surface area (TPSA) is 98.7 Å². The number of Topliss-reactive ketones (excluding diaryl/α,β-unsaturated/α-hetero) is 2. The standard InChI is InChI=1S/C46H68N8O2/c1-29(2)43(55)33-9-13-35(14-10-33)45-47-24-22-42(50-45)54-39-19-20-40(54)28-52(27-39)32(6)8-7-31(5)44(56)34-11-15-36(16-12-34)46-48-23-21-41(49-46)53-37-17-18-38(53)26-51(25-37)30(3)4/h8,21-24,29-31,33-40H,7,9-20,25-28H2,1-6H3/b32-8+/t31?,33-,34-,35-,36+,37?,38?,39?,40?. The molecule has 4 aliphatic heterocycles. The van der Waals surface area contributed by atoms with Crippen LogP contribution < -0.4 is 9.80 Å². The van der Waals surface area contributed by atoms with E-state index in [1.165, 1.54) is 31.4 Å². The number of fused-ring (bicyclic) bond motifs is 4. The third kappa shape index (κ3) is 8.15. The van der Waals surface area contributed by atoms with Crippen molar-refractivity contribution in [1.82, 2.24) is 29.7 Å². The van der Waals surface area contributed by atoms with Gasteiger partial charge in [0.2, 0.25) is 0 Å². The largest absolute Gasteiger partial charge is 0.371 e. The van der Waals surface area contributed by atoms with Crippen molar-refractivity contribution in [3.63, 3.8) is 0 Å². The molecular weight excluding hydrogens is 697 g/mol. The summed E-state index contributed by atoms with van der Waals surface area (Å²) in [4.78, 5) is 56.6. The molecule has 4 saturated heterocycles. The van der Waals surface area contributed by atoms with Crippen molar-refractivity contribution in [2.75, 3.05) is 36.0 Å². The smallest absolute Gasteiger partial charge is 0.139 e. The van der Waals surface area contributed by atoms with Crippen LogP contribution >= 0.6 is 0 Å². The zero-order valence-electron chi connectivity index (χ0n) is 35.2. The fraction of sp³-hybridized carbons (Fsp3) is 0.739. The Kier molecular flexibility index (Phi) is 11.8. The average Bonchev–Trinajstić information content (AvgIpc) is 3.64. The maximum Gasteiger partial charge on any atom is 0.139 e. The van der Waals surface area contributed by atoms with Gasteiger partial charge in [-0.05, 0) is 116 Å². The number of carbonyl (C=O) groups excluding carboxylic acids is 2. The predicted octanol–water partition coefficient (Wildman–Crippen LogP) is 7.95. The van der Waals surface area contributed by atoms with Crippen molar-refractivity contribution in [3.8, 4) is 0 Å². The Morgan fingerprint density at radius 2 is 1.09 bits per heavy atom. The lowest BCUT2D eigenvalue weighted by Gasteiger charge is -2.43. The highest BCUT2D eigenvalue weighted by atomic mass is 16.1. The fourth-order valence-corrected chi connectivity index (χ4v) is 11.4.